The van der Waals surface area contributed by atoms with Gasteiger partial charge in [-0.25, -0.2) is 8.42 Å². The van der Waals surface area contributed by atoms with E-state index in [9.17, 15) is 8.42 Å². The fourth-order valence-corrected chi connectivity index (χ4v) is 2.99. The number of nitrogens with zero attached hydrogens (tertiary/aromatic N) is 2. The number of benzene rings is 1. The minimum absolute atomic E-state index is 0.0535. The van der Waals surface area contributed by atoms with Crippen molar-refractivity contribution in [2.45, 2.75) is 18.4 Å². The molecule has 0 saturated carbocycles. The van der Waals surface area contributed by atoms with Crippen LogP contribution >= 0.6 is 0 Å². The van der Waals surface area contributed by atoms with Crippen LogP contribution in [0.25, 0.3) is 0 Å². The van der Waals surface area contributed by atoms with Crippen molar-refractivity contribution in [3.8, 4) is 0 Å². The molecule has 0 spiro atoms. The molecule has 0 unspecified atom stereocenters. The van der Waals surface area contributed by atoms with E-state index in [2.05, 4.69) is 9.82 Å². The molecule has 2 rings (SSSR count). The van der Waals surface area contributed by atoms with Crippen LogP contribution in [0.1, 0.15) is 5.56 Å². The smallest absolute Gasteiger partial charge is 0.264 e. The molecule has 21 heavy (non-hydrogen) atoms. The molecular weight excluding hydrogens is 292 g/mol. The molecule has 0 fully saturated rings. The van der Waals surface area contributed by atoms with Gasteiger partial charge in [0.05, 0.1) is 30.7 Å². The van der Waals surface area contributed by atoms with Crippen molar-refractivity contribution >= 4 is 21.4 Å². The number of methoxy groups -OCH3 is 1. The van der Waals surface area contributed by atoms with E-state index < -0.39 is 10.0 Å². The predicted octanol–water partition coefficient (Wildman–Crippen LogP) is 1.22. The highest BCUT2D eigenvalue weighted by Gasteiger charge is 2.18. The molecule has 8 heteroatoms. The lowest BCUT2D eigenvalue weighted by atomic mass is 10.2. The van der Waals surface area contributed by atoms with Crippen molar-refractivity contribution in [3.05, 3.63) is 36.2 Å². The highest BCUT2D eigenvalue weighted by Crippen LogP contribution is 2.22. The van der Waals surface area contributed by atoms with Crippen LogP contribution in [0.3, 0.4) is 0 Å². The van der Waals surface area contributed by atoms with E-state index in [1.165, 1.54) is 12.3 Å². The zero-order valence-corrected chi connectivity index (χ0v) is 12.7. The summed E-state index contributed by atoms with van der Waals surface area (Å²) in [7, 11) is -2.14. The third-order valence-corrected chi connectivity index (χ3v) is 4.32. The Morgan fingerprint density at radius 3 is 2.86 bits per heavy atom. The molecule has 1 aromatic heterocycles. The van der Waals surface area contributed by atoms with Gasteiger partial charge in [0.15, 0.2) is 0 Å². The molecule has 2 aromatic rings. The lowest BCUT2D eigenvalue weighted by Crippen LogP contribution is -2.14. The van der Waals surface area contributed by atoms with Crippen LogP contribution in [0, 0.1) is 6.92 Å². The molecule has 0 aliphatic rings. The molecule has 114 valence electrons. The number of nitrogens with two attached hydrogens (primary N) is 1. The van der Waals surface area contributed by atoms with Gasteiger partial charge in [-0.1, -0.05) is 6.07 Å². The summed E-state index contributed by atoms with van der Waals surface area (Å²) in [6.07, 6.45) is 3.04. The maximum atomic E-state index is 12.3. The lowest BCUT2D eigenvalue weighted by molar-refractivity contribution is 0.183. The largest absolute Gasteiger partial charge is 0.398 e. The van der Waals surface area contributed by atoms with Gasteiger partial charge in [0.1, 0.15) is 4.90 Å². The third kappa shape index (κ3) is 3.73. The quantitative estimate of drug-likeness (QED) is 0.782. The summed E-state index contributed by atoms with van der Waals surface area (Å²) in [5.74, 6) is 0. The predicted molar refractivity (Wildman–Crippen MR) is 80.5 cm³/mol. The fraction of sp³-hybridized carbons (Fsp3) is 0.308. The number of ether oxygens (including phenoxy) is 1. The topological polar surface area (TPSA) is 99.2 Å². The van der Waals surface area contributed by atoms with Gasteiger partial charge in [-0.3, -0.25) is 9.40 Å². The monoisotopic (exact) mass is 310 g/mol. The first-order valence-electron chi connectivity index (χ1n) is 6.33. The second kappa shape index (κ2) is 6.15. The molecular formula is C13H18N4O3S. The first kappa shape index (κ1) is 15.3. The third-order valence-electron chi connectivity index (χ3n) is 2.86. The van der Waals surface area contributed by atoms with Gasteiger partial charge in [-0.05, 0) is 24.6 Å². The summed E-state index contributed by atoms with van der Waals surface area (Å²) in [4.78, 5) is 0.0535. The summed E-state index contributed by atoms with van der Waals surface area (Å²) >= 11 is 0. The van der Waals surface area contributed by atoms with E-state index in [-0.39, 0.29) is 10.6 Å². The van der Waals surface area contributed by atoms with Crippen molar-refractivity contribution in [2.24, 2.45) is 0 Å². The molecule has 1 aromatic carbocycles. The van der Waals surface area contributed by atoms with E-state index >= 15 is 0 Å². The molecule has 0 atom stereocenters. The molecule has 0 amide bonds. The maximum Gasteiger partial charge on any atom is 0.264 e. The summed E-state index contributed by atoms with van der Waals surface area (Å²) < 4.78 is 33.6. The molecule has 0 aliphatic heterocycles. The number of anilines is 2. The van der Waals surface area contributed by atoms with Crippen LogP contribution in [0.15, 0.2) is 35.5 Å². The second-order valence-electron chi connectivity index (χ2n) is 4.63. The van der Waals surface area contributed by atoms with E-state index in [1.54, 1.807) is 30.1 Å². The number of rotatable bonds is 6. The van der Waals surface area contributed by atoms with Gasteiger partial charge >= 0.3 is 0 Å². The van der Waals surface area contributed by atoms with Gasteiger partial charge < -0.3 is 10.5 Å². The van der Waals surface area contributed by atoms with Crippen molar-refractivity contribution in [2.75, 3.05) is 24.2 Å². The Kier molecular flexibility index (Phi) is 4.49. The molecule has 0 radical (unpaired) electrons. The molecule has 0 saturated heterocycles. The van der Waals surface area contributed by atoms with Crippen LogP contribution in [0.4, 0.5) is 11.4 Å². The zero-order chi connectivity index (χ0) is 15.5. The van der Waals surface area contributed by atoms with Crippen LogP contribution in [-0.4, -0.2) is 31.9 Å². The normalized spacial score (nSPS) is 11.5. The summed E-state index contributed by atoms with van der Waals surface area (Å²) in [6, 6.07) is 4.81. The van der Waals surface area contributed by atoms with Crippen LogP contribution in [-0.2, 0) is 21.3 Å². The Morgan fingerprint density at radius 2 is 2.19 bits per heavy atom. The van der Waals surface area contributed by atoms with E-state index in [4.69, 9.17) is 10.5 Å². The lowest BCUT2D eigenvalue weighted by Gasteiger charge is -2.09. The van der Waals surface area contributed by atoms with E-state index in [1.807, 2.05) is 6.92 Å². The fourth-order valence-electron chi connectivity index (χ4n) is 1.85. The maximum absolute atomic E-state index is 12.3. The highest BCUT2D eigenvalue weighted by molar-refractivity contribution is 7.92. The Morgan fingerprint density at radius 1 is 1.43 bits per heavy atom. The van der Waals surface area contributed by atoms with Gasteiger partial charge in [-0.2, -0.15) is 5.10 Å². The van der Waals surface area contributed by atoms with Gasteiger partial charge in [0.2, 0.25) is 0 Å². The molecule has 3 N–H and O–H groups in total. The Labute approximate surface area is 123 Å². The van der Waals surface area contributed by atoms with Crippen LogP contribution in [0.2, 0.25) is 0 Å². The van der Waals surface area contributed by atoms with Crippen LogP contribution in [0.5, 0.6) is 0 Å². The van der Waals surface area contributed by atoms with Gasteiger partial charge in [-0.15, -0.1) is 0 Å². The molecule has 7 nitrogen and oxygen atoms in total. The molecule has 0 aliphatic carbocycles. The summed E-state index contributed by atoms with van der Waals surface area (Å²) in [5, 5.41) is 4.05. The minimum Gasteiger partial charge on any atom is -0.398 e. The average molecular weight is 310 g/mol. The van der Waals surface area contributed by atoms with E-state index in [0.29, 0.717) is 18.8 Å². The summed E-state index contributed by atoms with van der Waals surface area (Å²) in [6.45, 7) is 2.89. The van der Waals surface area contributed by atoms with Crippen molar-refractivity contribution in [1.29, 1.82) is 0 Å². The first-order valence-corrected chi connectivity index (χ1v) is 7.81. The number of hydrogen-bond donors (Lipinski definition) is 2. The number of nitrogen functional groups attached to an aromatic ring is 1. The molecule has 1 heterocycles. The zero-order valence-electron chi connectivity index (χ0n) is 11.9. The first-order chi connectivity index (χ1) is 9.92. The van der Waals surface area contributed by atoms with Gasteiger partial charge in [0.25, 0.3) is 10.0 Å². The van der Waals surface area contributed by atoms with Crippen molar-refractivity contribution < 1.29 is 13.2 Å². The highest BCUT2D eigenvalue weighted by atomic mass is 32.2. The number of aromatic nitrogens is 2. The minimum atomic E-state index is -3.73. The number of aryl methyl sites for hydroxylation is 1. The van der Waals surface area contributed by atoms with Crippen LogP contribution < -0.4 is 10.5 Å². The standard InChI is InChI=1S/C13H18N4O3S/c1-10-3-4-13(12(14)7-10)21(18,19)16-11-8-15-17(9-11)5-6-20-2/h3-4,7-9,16H,5-6,14H2,1-2H3. The summed E-state index contributed by atoms with van der Waals surface area (Å²) in [5.41, 5.74) is 7.27. The number of hydrogen-bond acceptors (Lipinski definition) is 5. The second-order valence-corrected chi connectivity index (χ2v) is 6.28. The number of nitrogens with one attached hydrogen (secondary N) is 1. The van der Waals surface area contributed by atoms with Gasteiger partial charge in [0, 0.05) is 13.3 Å². The average Bonchev–Trinajstić information content (AvgIpc) is 2.82. The molecule has 0 bridgehead atoms. The Balaban J connectivity index is 2.19. The number of sulfonamides is 1. The van der Waals surface area contributed by atoms with Crippen molar-refractivity contribution in [1.82, 2.24) is 9.78 Å². The SMILES string of the molecule is COCCn1cc(NS(=O)(=O)c2ccc(C)cc2N)cn1. The van der Waals surface area contributed by atoms with Crippen molar-refractivity contribution in [3.63, 3.8) is 0 Å². The Bertz CT molecular complexity index is 725. The Hall–Kier alpha value is -2.06. The van der Waals surface area contributed by atoms with E-state index in [0.717, 1.165) is 5.56 Å².